The van der Waals surface area contributed by atoms with Crippen LogP contribution in [0.5, 0.6) is 0 Å². The van der Waals surface area contributed by atoms with Crippen LogP contribution in [0.25, 0.3) is 0 Å². The van der Waals surface area contributed by atoms with Crippen molar-refractivity contribution in [2.75, 3.05) is 31.1 Å². The molecule has 6 heteroatoms. The van der Waals surface area contributed by atoms with Gasteiger partial charge in [-0.3, -0.25) is 14.5 Å². The van der Waals surface area contributed by atoms with Crippen LogP contribution in [0, 0.1) is 19.8 Å². The minimum absolute atomic E-state index is 0.0982. The molecule has 0 atom stereocenters. The van der Waals surface area contributed by atoms with Crippen LogP contribution < -0.4 is 4.90 Å². The van der Waals surface area contributed by atoms with Crippen LogP contribution in [0.4, 0.5) is 5.69 Å². The molecule has 0 bridgehead atoms. The molecule has 3 heterocycles. The average Bonchev–Trinajstić information content (AvgIpc) is 3.02. The summed E-state index contributed by atoms with van der Waals surface area (Å²) >= 11 is 0. The predicted octanol–water partition coefficient (Wildman–Crippen LogP) is 3.08. The molecule has 6 nitrogen and oxygen atoms in total. The Labute approximate surface area is 162 Å². The predicted molar refractivity (Wildman–Crippen MR) is 108 cm³/mol. The highest BCUT2D eigenvalue weighted by atomic mass is 16.2. The number of carbonyl (C=O) groups excluding carboxylic acids is 1. The molecule has 146 valence electrons. The van der Waals surface area contributed by atoms with E-state index >= 15 is 0 Å². The summed E-state index contributed by atoms with van der Waals surface area (Å²) in [5, 5.41) is 4.62. The molecule has 0 spiro atoms. The van der Waals surface area contributed by atoms with E-state index in [9.17, 15) is 4.79 Å². The topological polar surface area (TPSA) is 54.3 Å². The summed E-state index contributed by atoms with van der Waals surface area (Å²) in [5.41, 5.74) is 5.00. The second-order valence-electron chi connectivity index (χ2n) is 7.82. The van der Waals surface area contributed by atoms with Crippen LogP contribution >= 0.6 is 0 Å². The molecular formula is C21H31N5O. The fraction of sp³-hybridized carbons (Fsp3) is 0.571. The van der Waals surface area contributed by atoms with Gasteiger partial charge in [-0.2, -0.15) is 5.10 Å². The fourth-order valence-corrected chi connectivity index (χ4v) is 3.73. The van der Waals surface area contributed by atoms with Crippen LogP contribution in [0.1, 0.15) is 48.3 Å². The Hall–Kier alpha value is -2.37. The van der Waals surface area contributed by atoms with Gasteiger partial charge in [-0.05, 0) is 51.3 Å². The summed E-state index contributed by atoms with van der Waals surface area (Å²) in [4.78, 5) is 21.8. The molecule has 3 rings (SSSR count). The smallest absolute Gasteiger partial charge is 0.272 e. The Kier molecular flexibility index (Phi) is 5.82. The highest BCUT2D eigenvalue weighted by Gasteiger charge is 2.25. The molecule has 27 heavy (non-hydrogen) atoms. The summed E-state index contributed by atoms with van der Waals surface area (Å²) in [6.45, 7) is 14.3. The lowest BCUT2D eigenvalue weighted by molar-refractivity contribution is 0.0734. The molecule has 0 saturated carbocycles. The lowest BCUT2D eigenvalue weighted by Crippen LogP contribution is -2.49. The number of carbonyl (C=O) groups is 1. The van der Waals surface area contributed by atoms with Gasteiger partial charge in [-0.1, -0.05) is 13.8 Å². The Balaban J connectivity index is 1.69. The molecule has 1 saturated heterocycles. The maximum Gasteiger partial charge on any atom is 0.272 e. The molecule has 1 aliphatic rings. The van der Waals surface area contributed by atoms with Gasteiger partial charge in [0, 0.05) is 49.8 Å². The van der Waals surface area contributed by atoms with Crippen LogP contribution in [0.2, 0.25) is 0 Å². The number of pyridine rings is 1. The molecule has 1 amide bonds. The molecule has 2 aromatic rings. The number of nitrogens with zero attached hydrogens (tertiary/aromatic N) is 5. The van der Waals surface area contributed by atoms with Gasteiger partial charge in [0.25, 0.3) is 5.91 Å². The van der Waals surface area contributed by atoms with Crippen molar-refractivity contribution in [1.82, 2.24) is 19.7 Å². The minimum atomic E-state index is 0.0982. The van der Waals surface area contributed by atoms with E-state index in [1.165, 1.54) is 5.69 Å². The Morgan fingerprint density at radius 2 is 1.70 bits per heavy atom. The summed E-state index contributed by atoms with van der Waals surface area (Å²) < 4.78 is 1.85. The van der Waals surface area contributed by atoms with Crippen LogP contribution in [-0.2, 0) is 13.0 Å². The van der Waals surface area contributed by atoms with E-state index in [0.717, 1.165) is 55.4 Å². The summed E-state index contributed by atoms with van der Waals surface area (Å²) in [6, 6.07) is 6.22. The van der Waals surface area contributed by atoms with Crippen molar-refractivity contribution in [3.05, 3.63) is 41.0 Å². The number of hydrogen-bond donors (Lipinski definition) is 0. The number of aryl methyl sites for hydroxylation is 3. The number of rotatable bonds is 5. The number of anilines is 1. The number of piperazine rings is 1. The Bertz CT molecular complexity index is 783. The van der Waals surface area contributed by atoms with Gasteiger partial charge in [0.2, 0.25) is 0 Å². The number of amides is 1. The van der Waals surface area contributed by atoms with Crippen molar-refractivity contribution in [3.63, 3.8) is 0 Å². The second kappa shape index (κ2) is 8.11. The number of hydrogen-bond acceptors (Lipinski definition) is 4. The van der Waals surface area contributed by atoms with Gasteiger partial charge in [-0.25, -0.2) is 0 Å². The van der Waals surface area contributed by atoms with Crippen LogP contribution in [0.3, 0.4) is 0 Å². The third-order valence-electron chi connectivity index (χ3n) is 4.96. The first-order chi connectivity index (χ1) is 12.9. The Morgan fingerprint density at radius 1 is 1.07 bits per heavy atom. The van der Waals surface area contributed by atoms with E-state index in [2.05, 4.69) is 41.0 Å². The molecule has 0 aromatic carbocycles. The molecule has 0 radical (unpaired) electrons. The SMILES string of the molecule is CCn1nc(CC(C)C)cc1C(=O)N1CCN(c2cc(C)nc(C)c2)CC1. The maximum absolute atomic E-state index is 13.1. The molecule has 1 fully saturated rings. The fourth-order valence-electron chi connectivity index (χ4n) is 3.73. The first kappa shape index (κ1) is 19.4. The quantitative estimate of drug-likeness (QED) is 0.813. The first-order valence-electron chi connectivity index (χ1n) is 9.93. The highest BCUT2D eigenvalue weighted by Crippen LogP contribution is 2.20. The molecule has 0 aliphatic carbocycles. The third-order valence-corrected chi connectivity index (χ3v) is 4.96. The van der Waals surface area contributed by atoms with Crippen molar-refractivity contribution in [2.24, 2.45) is 5.92 Å². The molecular weight excluding hydrogens is 338 g/mol. The highest BCUT2D eigenvalue weighted by molar-refractivity contribution is 5.93. The molecule has 0 unspecified atom stereocenters. The van der Waals surface area contributed by atoms with Gasteiger partial charge >= 0.3 is 0 Å². The monoisotopic (exact) mass is 369 g/mol. The maximum atomic E-state index is 13.1. The van der Waals surface area contributed by atoms with Crippen molar-refractivity contribution >= 4 is 11.6 Å². The zero-order chi connectivity index (χ0) is 19.6. The molecule has 0 N–H and O–H groups in total. The first-order valence-corrected chi connectivity index (χ1v) is 9.93. The van der Waals surface area contributed by atoms with Crippen molar-refractivity contribution in [2.45, 2.75) is 47.6 Å². The van der Waals surface area contributed by atoms with Crippen LogP contribution in [0.15, 0.2) is 18.2 Å². The van der Waals surface area contributed by atoms with E-state index in [1.807, 2.05) is 36.4 Å². The largest absolute Gasteiger partial charge is 0.368 e. The minimum Gasteiger partial charge on any atom is -0.368 e. The van der Waals surface area contributed by atoms with E-state index in [4.69, 9.17) is 0 Å². The standard InChI is InChI=1S/C21H31N5O/c1-6-26-20(14-18(23-26)11-15(2)3)21(27)25-9-7-24(8-10-25)19-12-16(4)22-17(5)13-19/h12-15H,6-11H2,1-5H3. The number of aromatic nitrogens is 3. The molecule has 2 aromatic heterocycles. The lowest BCUT2D eigenvalue weighted by atomic mass is 10.1. The second-order valence-corrected chi connectivity index (χ2v) is 7.82. The third kappa shape index (κ3) is 4.49. The van der Waals surface area contributed by atoms with Crippen molar-refractivity contribution in [3.8, 4) is 0 Å². The van der Waals surface area contributed by atoms with E-state index < -0.39 is 0 Å². The average molecular weight is 370 g/mol. The molecule has 1 aliphatic heterocycles. The van der Waals surface area contributed by atoms with Gasteiger partial charge in [0.1, 0.15) is 5.69 Å². The van der Waals surface area contributed by atoms with E-state index in [0.29, 0.717) is 12.5 Å². The zero-order valence-electron chi connectivity index (χ0n) is 17.2. The summed E-state index contributed by atoms with van der Waals surface area (Å²) in [5.74, 6) is 0.630. The summed E-state index contributed by atoms with van der Waals surface area (Å²) in [6.07, 6.45) is 0.905. The Morgan fingerprint density at radius 3 is 2.26 bits per heavy atom. The van der Waals surface area contributed by atoms with Gasteiger partial charge in [0.05, 0.1) is 5.69 Å². The summed E-state index contributed by atoms with van der Waals surface area (Å²) in [7, 11) is 0. The van der Waals surface area contributed by atoms with E-state index in [1.54, 1.807) is 0 Å². The van der Waals surface area contributed by atoms with Gasteiger partial charge < -0.3 is 9.80 Å². The van der Waals surface area contributed by atoms with Crippen molar-refractivity contribution in [1.29, 1.82) is 0 Å². The van der Waals surface area contributed by atoms with Crippen molar-refractivity contribution < 1.29 is 4.79 Å². The van der Waals surface area contributed by atoms with Gasteiger partial charge in [-0.15, -0.1) is 0 Å². The van der Waals surface area contributed by atoms with Gasteiger partial charge in [0.15, 0.2) is 0 Å². The van der Waals surface area contributed by atoms with E-state index in [-0.39, 0.29) is 5.91 Å². The lowest BCUT2D eigenvalue weighted by Gasteiger charge is -2.36. The van der Waals surface area contributed by atoms with Crippen LogP contribution in [-0.4, -0.2) is 51.8 Å². The normalized spacial score (nSPS) is 14.9. The zero-order valence-corrected chi connectivity index (χ0v) is 17.2.